The molecule has 1 aliphatic rings. The van der Waals surface area contributed by atoms with E-state index in [-0.39, 0.29) is 0 Å². The molecule has 13 heavy (non-hydrogen) atoms. The summed E-state index contributed by atoms with van der Waals surface area (Å²) in [6, 6.07) is 3.96. The van der Waals surface area contributed by atoms with Gasteiger partial charge in [-0.2, -0.15) is 0 Å². The van der Waals surface area contributed by atoms with Crippen LogP contribution in [-0.4, -0.2) is 18.5 Å². The molecule has 0 aliphatic carbocycles. The topological polar surface area (TPSA) is 29.3 Å². The van der Waals surface area contributed by atoms with Crippen LogP contribution in [0.1, 0.15) is 11.1 Å². The standard InChI is InChI=1S/C10H13ClN2/c1-13-5-4-8-7(6-13)2-3-9(12)10(8)11/h2-3H,4-6,12H2,1H3. The summed E-state index contributed by atoms with van der Waals surface area (Å²) in [5, 5.41) is 0.755. The number of anilines is 1. The Morgan fingerprint density at radius 1 is 1.46 bits per heavy atom. The van der Waals surface area contributed by atoms with Crippen molar-refractivity contribution in [3.63, 3.8) is 0 Å². The molecule has 3 heteroatoms. The second-order valence-corrected chi connectivity index (χ2v) is 3.97. The van der Waals surface area contributed by atoms with Crippen molar-refractivity contribution in [2.45, 2.75) is 13.0 Å². The van der Waals surface area contributed by atoms with Crippen molar-refractivity contribution in [3.8, 4) is 0 Å². The van der Waals surface area contributed by atoms with Crippen molar-refractivity contribution in [2.24, 2.45) is 0 Å². The van der Waals surface area contributed by atoms with E-state index >= 15 is 0 Å². The zero-order chi connectivity index (χ0) is 9.42. The first-order valence-corrected chi connectivity index (χ1v) is 4.80. The molecule has 70 valence electrons. The van der Waals surface area contributed by atoms with Crippen LogP contribution >= 0.6 is 11.6 Å². The summed E-state index contributed by atoms with van der Waals surface area (Å²) in [5.74, 6) is 0. The van der Waals surface area contributed by atoms with Crippen LogP contribution in [0.4, 0.5) is 5.69 Å². The molecule has 2 N–H and O–H groups in total. The molecule has 1 aromatic rings. The molecule has 1 aliphatic heterocycles. The van der Waals surface area contributed by atoms with Crippen molar-refractivity contribution in [1.82, 2.24) is 4.90 Å². The third-order valence-electron chi connectivity index (χ3n) is 2.55. The molecule has 1 aromatic carbocycles. The number of halogens is 1. The van der Waals surface area contributed by atoms with E-state index in [1.54, 1.807) is 0 Å². The van der Waals surface area contributed by atoms with Crippen LogP contribution < -0.4 is 5.73 Å². The highest BCUT2D eigenvalue weighted by Crippen LogP contribution is 2.30. The fourth-order valence-corrected chi connectivity index (χ4v) is 2.05. The Bertz CT molecular complexity index is 336. The van der Waals surface area contributed by atoms with E-state index in [0.29, 0.717) is 5.69 Å². The van der Waals surface area contributed by atoms with Crippen LogP contribution in [-0.2, 0) is 13.0 Å². The van der Waals surface area contributed by atoms with E-state index in [1.165, 1.54) is 11.1 Å². The third kappa shape index (κ3) is 1.52. The maximum Gasteiger partial charge on any atom is 0.0671 e. The molecule has 1 heterocycles. The van der Waals surface area contributed by atoms with Gasteiger partial charge in [-0.25, -0.2) is 0 Å². The van der Waals surface area contributed by atoms with Gasteiger partial charge in [0.05, 0.1) is 10.7 Å². The van der Waals surface area contributed by atoms with E-state index < -0.39 is 0 Å². The molecule has 0 amide bonds. The first-order chi connectivity index (χ1) is 6.18. The SMILES string of the molecule is CN1CCc2c(ccc(N)c2Cl)C1. The molecular formula is C10H13ClN2. The quantitative estimate of drug-likeness (QED) is 0.643. The van der Waals surface area contributed by atoms with Crippen LogP contribution in [0.2, 0.25) is 5.02 Å². The summed E-state index contributed by atoms with van der Waals surface area (Å²) in [7, 11) is 2.12. The average Bonchev–Trinajstić information content (AvgIpc) is 2.12. The van der Waals surface area contributed by atoms with Crippen LogP contribution in [0.5, 0.6) is 0 Å². The fraction of sp³-hybridized carbons (Fsp3) is 0.400. The van der Waals surface area contributed by atoms with Gasteiger partial charge in [-0.1, -0.05) is 17.7 Å². The molecule has 0 aromatic heterocycles. The van der Waals surface area contributed by atoms with Gasteiger partial charge in [0.2, 0.25) is 0 Å². The van der Waals surface area contributed by atoms with E-state index in [4.69, 9.17) is 17.3 Å². The molecule has 0 bridgehead atoms. The molecule has 0 atom stereocenters. The number of hydrogen-bond donors (Lipinski definition) is 1. The van der Waals surface area contributed by atoms with Gasteiger partial charge in [0.25, 0.3) is 0 Å². The highest BCUT2D eigenvalue weighted by atomic mass is 35.5. The van der Waals surface area contributed by atoms with E-state index in [2.05, 4.69) is 18.0 Å². The van der Waals surface area contributed by atoms with Gasteiger partial charge in [-0.05, 0) is 30.7 Å². The molecule has 0 saturated heterocycles. The maximum absolute atomic E-state index is 6.12. The lowest BCUT2D eigenvalue weighted by Gasteiger charge is -2.26. The van der Waals surface area contributed by atoms with Crippen molar-refractivity contribution in [2.75, 3.05) is 19.3 Å². The minimum absolute atomic E-state index is 0.699. The van der Waals surface area contributed by atoms with Gasteiger partial charge in [0.1, 0.15) is 0 Å². The lowest BCUT2D eigenvalue weighted by Crippen LogP contribution is -2.26. The fourth-order valence-electron chi connectivity index (χ4n) is 1.77. The second-order valence-electron chi connectivity index (χ2n) is 3.59. The van der Waals surface area contributed by atoms with Crippen LogP contribution in [0, 0.1) is 0 Å². The largest absolute Gasteiger partial charge is 0.398 e. The van der Waals surface area contributed by atoms with Crippen molar-refractivity contribution < 1.29 is 0 Å². The number of fused-ring (bicyclic) bond motifs is 1. The summed E-state index contributed by atoms with van der Waals surface area (Å²) >= 11 is 6.12. The van der Waals surface area contributed by atoms with Gasteiger partial charge in [0.15, 0.2) is 0 Å². The van der Waals surface area contributed by atoms with E-state index in [9.17, 15) is 0 Å². The number of likely N-dealkylation sites (N-methyl/N-ethyl adjacent to an activating group) is 1. The summed E-state index contributed by atoms with van der Waals surface area (Å²) in [6.07, 6.45) is 1.01. The highest BCUT2D eigenvalue weighted by Gasteiger charge is 2.16. The van der Waals surface area contributed by atoms with E-state index in [0.717, 1.165) is 24.5 Å². The zero-order valence-corrected chi connectivity index (χ0v) is 8.43. The minimum atomic E-state index is 0.699. The molecular weight excluding hydrogens is 184 g/mol. The maximum atomic E-state index is 6.12. The zero-order valence-electron chi connectivity index (χ0n) is 7.68. The molecule has 2 nitrogen and oxygen atoms in total. The van der Waals surface area contributed by atoms with Crippen molar-refractivity contribution in [3.05, 3.63) is 28.3 Å². The van der Waals surface area contributed by atoms with Crippen molar-refractivity contribution >= 4 is 17.3 Å². The average molecular weight is 197 g/mol. The molecule has 0 fully saturated rings. The number of nitrogens with two attached hydrogens (primary N) is 1. The monoisotopic (exact) mass is 196 g/mol. The first kappa shape index (κ1) is 8.85. The summed E-state index contributed by atoms with van der Waals surface area (Å²) in [4.78, 5) is 2.29. The van der Waals surface area contributed by atoms with Crippen molar-refractivity contribution in [1.29, 1.82) is 0 Å². The van der Waals surface area contributed by atoms with Crippen LogP contribution in [0.15, 0.2) is 12.1 Å². The lowest BCUT2D eigenvalue weighted by molar-refractivity contribution is 0.313. The molecule has 0 saturated carbocycles. The normalized spacial score (nSPS) is 17.1. The number of hydrogen-bond acceptors (Lipinski definition) is 2. The number of nitrogens with zero attached hydrogens (tertiary/aromatic N) is 1. The number of benzene rings is 1. The third-order valence-corrected chi connectivity index (χ3v) is 3.00. The summed E-state index contributed by atoms with van der Waals surface area (Å²) in [5.41, 5.74) is 8.98. The van der Waals surface area contributed by atoms with Gasteiger partial charge in [0, 0.05) is 13.1 Å². The van der Waals surface area contributed by atoms with Gasteiger partial charge >= 0.3 is 0 Å². The lowest BCUT2D eigenvalue weighted by atomic mass is 9.99. The molecule has 2 rings (SSSR count). The van der Waals surface area contributed by atoms with Gasteiger partial charge < -0.3 is 10.6 Å². The molecule has 0 unspecified atom stereocenters. The molecule has 0 spiro atoms. The van der Waals surface area contributed by atoms with Gasteiger partial charge in [-0.15, -0.1) is 0 Å². The highest BCUT2D eigenvalue weighted by molar-refractivity contribution is 6.34. The Labute approximate surface area is 83.3 Å². The van der Waals surface area contributed by atoms with Crippen LogP contribution in [0.3, 0.4) is 0 Å². The van der Waals surface area contributed by atoms with E-state index in [1.807, 2.05) is 6.07 Å². The Morgan fingerprint density at radius 3 is 3.00 bits per heavy atom. The minimum Gasteiger partial charge on any atom is -0.398 e. The number of rotatable bonds is 0. The Morgan fingerprint density at radius 2 is 2.23 bits per heavy atom. The Kier molecular flexibility index (Phi) is 2.18. The predicted octanol–water partition coefficient (Wildman–Crippen LogP) is 1.91. The predicted molar refractivity (Wildman–Crippen MR) is 55.9 cm³/mol. The Hall–Kier alpha value is -0.730. The smallest absolute Gasteiger partial charge is 0.0671 e. The second kappa shape index (κ2) is 3.20. The van der Waals surface area contributed by atoms with Crippen LogP contribution in [0.25, 0.3) is 0 Å². The molecule has 0 radical (unpaired) electrons. The number of nitrogen functional groups attached to an aromatic ring is 1. The van der Waals surface area contributed by atoms with Gasteiger partial charge in [-0.3, -0.25) is 0 Å². The summed E-state index contributed by atoms with van der Waals surface area (Å²) < 4.78 is 0. The summed E-state index contributed by atoms with van der Waals surface area (Å²) in [6.45, 7) is 2.05. The first-order valence-electron chi connectivity index (χ1n) is 4.43. The Balaban J connectivity index is 2.47.